The molecule has 0 amide bonds. The first-order valence-electron chi connectivity index (χ1n) is 3.70. The molecule has 4 heteroatoms. The zero-order valence-corrected chi connectivity index (χ0v) is 7.11. The first-order valence-corrected chi connectivity index (χ1v) is 3.70. The van der Waals surface area contributed by atoms with Gasteiger partial charge in [-0.3, -0.25) is 0 Å². The van der Waals surface area contributed by atoms with Crippen LogP contribution in [-0.2, 0) is 11.3 Å². The van der Waals surface area contributed by atoms with Gasteiger partial charge in [0, 0.05) is 13.7 Å². The molecule has 0 saturated carbocycles. The molecule has 0 radical (unpaired) electrons. The van der Waals surface area contributed by atoms with Gasteiger partial charge in [-0.2, -0.15) is 0 Å². The fraction of sp³-hybridized carbons (Fsp3) is 0.714. The summed E-state index contributed by atoms with van der Waals surface area (Å²) in [5, 5.41) is 7.74. The van der Waals surface area contributed by atoms with E-state index in [2.05, 4.69) is 17.1 Å². The fourth-order valence-electron chi connectivity index (χ4n) is 0.928. The van der Waals surface area contributed by atoms with E-state index in [0.717, 1.165) is 12.4 Å². The molecular weight excluding hydrogens is 142 g/mol. The van der Waals surface area contributed by atoms with Crippen LogP contribution in [0.25, 0.3) is 0 Å². The Morgan fingerprint density at radius 2 is 2.45 bits per heavy atom. The van der Waals surface area contributed by atoms with E-state index in [1.165, 1.54) is 0 Å². The van der Waals surface area contributed by atoms with E-state index in [9.17, 15) is 0 Å². The summed E-state index contributed by atoms with van der Waals surface area (Å²) in [6.45, 7) is 4.89. The van der Waals surface area contributed by atoms with Gasteiger partial charge in [-0.05, 0) is 13.8 Å². The molecule has 0 aliphatic rings. The molecule has 4 nitrogen and oxygen atoms in total. The average molecular weight is 155 g/mol. The Morgan fingerprint density at radius 1 is 1.73 bits per heavy atom. The Morgan fingerprint density at radius 3 is 3.00 bits per heavy atom. The Kier molecular flexibility index (Phi) is 2.59. The zero-order chi connectivity index (χ0) is 8.27. The second-order valence-electron chi connectivity index (χ2n) is 2.35. The molecule has 11 heavy (non-hydrogen) atoms. The van der Waals surface area contributed by atoms with Gasteiger partial charge in [0.1, 0.15) is 12.4 Å². The molecule has 1 unspecified atom stereocenters. The van der Waals surface area contributed by atoms with Gasteiger partial charge in [0.25, 0.3) is 0 Å². The first kappa shape index (κ1) is 8.20. The molecule has 0 aliphatic heterocycles. The van der Waals surface area contributed by atoms with Crippen LogP contribution in [0.15, 0.2) is 6.33 Å². The SMILES string of the molecule is CCn1cnnc1C(C)OC. The Labute approximate surface area is 66.2 Å². The highest BCUT2D eigenvalue weighted by molar-refractivity contribution is 4.89. The van der Waals surface area contributed by atoms with E-state index >= 15 is 0 Å². The maximum absolute atomic E-state index is 5.11. The van der Waals surface area contributed by atoms with E-state index in [1.54, 1.807) is 13.4 Å². The molecule has 0 aromatic carbocycles. The lowest BCUT2D eigenvalue weighted by molar-refractivity contribution is 0.108. The van der Waals surface area contributed by atoms with Crippen LogP contribution in [0.4, 0.5) is 0 Å². The fourth-order valence-corrected chi connectivity index (χ4v) is 0.928. The molecule has 0 spiro atoms. The number of hydrogen-bond donors (Lipinski definition) is 0. The van der Waals surface area contributed by atoms with Crippen molar-refractivity contribution in [2.24, 2.45) is 0 Å². The minimum atomic E-state index is 0.0254. The van der Waals surface area contributed by atoms with E-state index in [1.807, 2.05) is 11.5 Å². The summed E-state index contributed by atoms with van der Waals surface area (Å²) in [4.78, 5) is 0. The summed E-state index contributed by atoms with van der Waals surface area (Å²) in [7, 11) is 1.67. The summed E-state index contributed by atoms with van der Waals surface area (Å²) < 4.78 is 7.08. The first-order chi connectivity index (χ1) is 5.29. The van der Waals surface area contributed by atoms with Gasteiger partial charge >= 0.3 is 0 Å². The summed E-state index contributed by atoms with van der Waals surface area (Å²) in [5.74, 6) is 0.884. The Hall–Kier alpha value is -0.900. The third-order valence-corrected chi connectivity index (χ3v) is 1.70. The highest BCUT2D eigenvalue weighted by atomic mass is 16.5. The van der Waals surface area contributed by atoms with Crippen LogP contribution in [0.5, 0.6) is 0 Å². The molecule has 0 fully saturated rings. The summed E-state index contributed by atoms with van der Waals surface area (Å²) in [5.41, 5.74) is 0. The zero-order valence-electron chi connectivity index (χ0n) is 7.11. The van der Waals surface area contributed by atoms with Crippen LogP contribution in [-0.4, -0.2) is 21.9 Å². The van der Waals surface area contributed by atoms with Crippen LogP contribution >= 0.6 is 0 Å². The molecule has 1 atom stereocenters. The number of nitrogens with zero attached hydrogens (tertiary/aromatic N) is 3. The number of aryl methyl sites for hydroxylation is 1. The van der Waals surface area contributed by atoms with Crippen LogP contribution in [0.2, 0.25) is 0 Å². The predicted octanol–water partition coefficient (Wildman–Crippen LogP) is 1.01. The topological polar surface area (TPSA) is 39.9 Å². The maximum Gasteiger partial charge on any atom is 0.161 e. The van der Waals surface area contributed by atoms with Crippen LogP contribution in [0.3, 0.4) is 0 Å². The second kappa shape index (κ2) is 3.48. The Bertz CT molecular complexity index is 221. The number of rotatable bonds is 3. The molecule has 1 heterocycles. The van der Waals surface area contributed by atoms with Crippen molar-refractivity contribution in [3.05, 3.63) is 12.2 Å². The van der Waals surface area contributed by atoms with Crippen molar-refractivity contribution in [3.63, 3.8) is 0 Å². The van der Waals surface area contributed by atoms with Gasteiger partial charge in [-0.25, -0.2) is 0 Å². The molecule has 1 rings (SSSR count). The second-order valence-corrected chi connectivity index (χ2v) is 2.35. The highest BCUT2D eigenvalue weighted by Crippen LogP contribution is 2.11. The van der Waals surface area contributed by atoms with Gasteiger partial charge < -0.3 is 9.30 Å². The molecule has 1 aromatic rings. The van der Waals surface area contributed by atoms with Crippen LogP contribution in [0, 0.1) is 0 Å². The number of methoxy groups -OCH3 is 1. The van der Waals surface area contributed by atoms with Gasteiger partial charge in [-0.1, -0.05) is 0 Å². The van der Waals surface area contributed by atoms with Crippen LogP contribution < -0.4 is 0 Å². The van der Waals surface area contributed by atoms with Crippen molar-refractivity contribution in [2.75, 3.05) is 7.11 Å². The lowest BCUT2D eigenvalue weighted by Crippen LogP contribution is -2.06. The van der Waals surface area contributed by atoms with E-state index < -0.39 is 0 Å². The van der Waals surface area contributed by atoms with Crippen molar-refractivity contribution in [1.29, 1.82) is 0 Å². The Balaban J connectivity index is 2.83. The quantitative estimate of drug-likeness (QED) is 0.654. The normalized spacial score (nSPS) is 13.4. The standard InChI is InChI=1S/C7H13N3O/c1-4-10-5-8-9-7(10)6(2)11-3/h5-6H,4H2,1-3H3. The number of ether oxygens (including phenoxy) is 1. The minimum absolute atomic E-state index is 0.0254. The molecule has 0 aliphatic carbocycles. The largest absolute Gasteiger partial charge is 0.374 e. The molecule has 0 saturated heterocycles. The van der Waals surface area contributed by atoms with E-state index in [0.29, 0.717) is 0 Å². The molecule has 62 valence electrons. The highest BCUT2D eigenvalue weighted by Gasteiger charge is 2.09. The van der Waals surface area contributed by atoms with Gasteiger partial charge in [0.2, 0.25) is 0 Å². The summed E-state index contributed by atoms with van der Waals surface area (Å²) in [6, 6.07) is 0. The van der Waals surface area contributed by atoms with Gasteiger partial charge in [-0.15, -0.1) is 10.2 Å². The van der Waals surface area contributed by atoms with Gasteiger partial charge in [0.15, 0.2) is 5.82 Å². The number of aromatic nitrogens is 3. The maximum atomic E-state index is 5.11. The monoisotopic (exact) mass is 155 g/mol. The lowest BCUT2D eigenvalue weighted by atomic mass is 10.4. The van der Waals surface area contributed by atoms with Crippen molar-refractivity contribution < 1.29 is 4.74 Å². The van der Waals surface area contributed by atoms with Crippen LogP contribution in [0.1, 0.15) is 25.8 Å². The average Bonchev–Trinajstić information content (AvgIpc) is 2.50. The molecule has 0 bridgehead atoms. The van der Waals surface area contributed by atoms with E-state index in [-0.39, 0.29) is 6.10 Å². The smallest absolute Gasteiger partial charge is 0.161 e. The third kappa shape index (κ3) is 1.57. The summed E-state index contributed by atoms with van der Waals surface area (Å²) >= 11 is 0. The lowest BCUT2D eigenvalue weighted by Gasteiger charge is -2.08. The van der Waals surface area contributed by atoms with Crippen molar-refractivity contribution in [2.45, 2.75) is 26.5 Å². The van der Waals surface area contributed by atoms with Crippen molar-refractivity contribution in [3.8, 4) is 0 Å². The third-order valence-electron chi connectivity index (χ3n) is 1.70. The number of hydrogen-bond acceptors (Lipinski definition) is 3. The predicted molar refractivity (Wildman–Crippen MR) is 41.1 cm³/mol. The summed E-state index contributed by atoms with van der Waals surface area (Å²) in [6.07, 6.45) is 1.74. The molecular formula is C7H13N3O. The van der Waals surface area contributed by atoms with Gasteiger partial charge in [0.05, 0.1) is 0 Å². The molecule has 0 N–H and O–H groups in total. The minimum Gasteiger partial charge on any atom is -0.374 e. The van der Waals surface area contributed by atoms with Crippen molar-refractivity contribution in [1.82, 2.24) is 14.8 Å². The molecule has 1 aromatic heterocycles. The van der Waals surface area contributed by atoms with E-state index in [4.69, 9.17) is 4.74 Å². The van der Waals surface area contributed by atoms with Crippen molar-refractivity contribution >= 4 is 0 Å².